The number of amides is 3. The van der Waals surface area contributed by atoms with Crippen LogP contribution in [0.1, 0.15) is 73.0 Å². The Morgan fingerprint density at radius 1 is 0.809 bits per heavy atom. The van der Waals surface area contributed by atoms with Crippen molar-refractivity contribution >= 4 is 41.1 Å². The van der Waals surface area contributed by atoms with E-state index in [1.54, 1.807) is 42.7 Å². The molecule has 0 N–H and O–H groups in total. The van der Waals surface area contributed by atoms with Crippen LogP contribution >= 0.6 is 23.2 Å². The van der Waals surface area contributed by atoms with E-state index in [9.17, 15) is 40.7 Å². The molecule has 47 heavy (non-hydrogen) atoms. The van der Waals surface area contributed by atoms with Crippen molar-refractivity contribution in [3.8, 4) is 0 Å². The second-order valence-corrected chi connectivity index (χ2v) is 13.7. The SMILES string of the molecule is CN(C(=O)c1cc(C(F)(F)F)cc(C(F)(F)F)c1)C1CCN(C(=O)C2CCN(C(=O)OC(C)(C)C)CC2)CC1c1ccc(Cl)c(Cl)c1. The Labute approximate surface area is 278 Å². The zero-order valence-electron chi connectivity index (χ0n) is 26.1. The van der Waals surface area contributed by atoms with Crippen LogP contribution in [0.5, 0.6) is 0 Å². The van der Waals surface area contributed by atoms with Crippen molar-refractivity contribution in [2.24, 2.45) is 5.92 Å². The molecule has 2 heterocycles. The summed E-state index contributed by atoms with van der Waals surface area (Å²) in [5.41, 5.74) is -4.03. The first-order valence-corrected chi connectivity index (χ1v) is 15.7. The van der Waals surface area contributed by atoms with Crippen molar-refractivity contribution in [3.63, 3.8) is 0 Å². The highest BCUT2D eigenvalue weighted by molar-refractivity contribution is 6.42. The normalized spacial score (nSPS) is 19.8. The highest BCUT2D eigenvalue weighted by Gasteiger charge is 2.41. The number of hydrogen-bond acceptors (Lipinski definition) is 4. The van der Waals surface area contributed by atoms with Crippen LogP contribution in [0.25, 0.3) is 0 Å². The third-order valence-corrected chi connectivity index (χ3v) is 9.15. The second-order valence-electron chi connectivity index (χ2n) is 12.9. The van der Waals surface area contributed by atoms with E-state index in [1.807, 2.05) is 0 Å². The van der Waals surface area contributed by atoms with Crippen LogP contribution in [-0.4, -0.2) is 77.5 Å². The number of carbonyl (C=O) groups excluding carboxylic acids is 3. The molecule has 0 spiro atoms. The summed E-state index contributed by atoms with van der Waals surface area (Å²) in [7, 11) is 1.31. The Morgan fingerprint density at radius 2 is 1.36 bits per heavy atom. The maximum Gasteiger partial charge on any atom is 0.416 e. The summed E-state index contributed by atoms with van der Waals surface area (Å²) >= 11 is 12.4. The van der Waals surface area contributed by atoms with Crippen LogP contribution in [0.3, 0.4) is 0 Å². The molecule has 2 fully saturated rings. The van der Waals surface area contributed by atoms with E-state index in [4.69, 9.17) is 27.9 Å². The molecule has 0 radical (unpaired) electrons. The lowest BCUT2D eigenvalue weighted by atomic mass is 9.83. The minimum Gasteiger partial charge on any atom is -0.444 e. The highest BCUT2D eigenvalue weighted by Crippen LogP contribution is 2.39. The molecule has 2 aromatic rings. The van der Waals surface area contributed by atoms with Gasteiger partial charge in [0.2, 0.25) is 5.91 Å². The van der Waals surface area contributed by atoms with Crippen molar-refractivity contribution in [1.29, 1.82) is 0 Å². The fourth-order valence-corrected chi connectivity index (χ4v) is 6.31. The van der Waals surface area contributed by atoms with Gasteiger partial charge in [-0.2, -0.15) is 26.3 Å². The summed E-state index contributed by atoms with van der Waals surface area (Å²) in [6, 6.07) is 4.82. The number of carbonyl (C=O) groups is 3. The van der Waals surface area contributed by atoms with Gasteiger partial charge >= 0.3 is 18.4 Å². The van der Waals surface area contributed by atoms with Gasteiger partial charge in [-0.15, -0.1) is 0 Å². The van der Waals surface area contributed by atoms with Gasteiger partial charge in [-0.05, 0) is 75.9 Å². The Morgan fingerprint density at radius 3 is 1.87 bits per heavy atom. The van der Waals surface area contributed by atoms with Crippen molar-refractivity contribution < 1.29 is 45.5 Å². The number of ether oxygens (including phenoxy) is 1. The molecule has 3 amide bonds. The molecule has 0 bridgehead atoms. The summed E-state index contributed by atoms with van der Waals surface area (Å²) in [6.45, 7) is 6.22. The number of benzene rings is 2. The molecule has 2 atom stereocenters. The molecule has 15 heteroatoms. The van der Waals surface area contributed by atoms with Crippen LogP contribution in [0.2, 0.25) is 10.0 Å². The van der Waals surface area contributed by atoms with E-state index in [-0.39, 0.29) is 47.4 Å². The summed E-state index contributed by atoms with van der Waals surface area (Å²) in [4.78, 5) is 44.1. The molecule has 0 aliphatic carbocycles. The average Bonchev–Trinajstić information content (AvgIpc) is 2.99. The van der Waals surface area contributed by atoms with Crippen LogP contribution in [-0.2, 0) is 21.9 Å². The third kappa shape index (κ3) is 8.84. The fraction of sp³-hybridized carbons (Fsp3) is 0.531. The van der Waals surface area contributed by atoms with E-state index in [2.05, 4.69) is 0 Å². The summed E-state index contributed by atoms with van der Waals surface area (Å²) in [5, 5.41) is 0.447. The molecule has 4 rings (SSSR count). The molecule has 258 valence electrons. The number of hydrogen-bond donors (Lipinski definition) is 0. The van der Waals surface area contributed by atoms with Crippen LogP contribution < -0.4 is 0 Å². The molecule has 0 saturated carbocycles. The van der Waals surface area contributed by atoms with Crippen LogP contribution in [0.4, 0.5) is 31.1 Å². The fourth-order valence-electron chi connectivity index (χ4n) is 6.00. The van der Waals surface area contributed by atoms with Gasteiger partial charge in [0, 0.05) is 56.7 Å². The number of likely N-dealkylation sites (N-methyl/N-ethyl adjacent to an activating group) is 1. The number of piperidine rings is 2. The Balaban J connectivity index is 1.58. The minimum atomic E-state index is -5.12. The van der Waals surface area contributed by atoms with Gasteiger partial charge in [-0.1, -0.05) is 29.3 Å². The molecule has 0 aromatic heterocycles. The zero-order valence-corrected chi connectivity index (χ0v) is 27.7. The molecule has 2 unspecified atom stereocenters. The summed E-state index contributed by atoms with van der Waals surface area (Å²) in [5.74, 6) is -2.18. The predicted octanol–water partition coefficient (Wildman–Crippen LogP) is 8.13. The number of alkyl halides is 6. The Bertz CT molecular complexity index is 1470. The third-order valence-electron chi connectivity index (χ3n) is 8.41. The monoisotopic (exact) mass is 709 g/mol. The van der Waals surface area contributed by atoms with Gasteiger partial charge in [0.1, 0.15) is 5.60 Å². The van der Waals surface area contributed by atoms with Crippen molar-refractivity contribution in [3.05, 3.63) is 68.7 Å². The lowest BCUT2D eigenvalue weighted by molar-refractivity contribution is -0.143. The average molecular weight is 711 g/mol. The lowest BCUT2D eigenvalue weighted by Crippen LogP contribution is -2.54. The second kappa shape index (κ2) is 13.7. The lowest BCUT2D eigenvalue weighted by Gasteiger charge is -2.44. The van der Waals surface area contributed by atoms with Crippen LogP contribution in [0.15, 0.2) is 36.4 Å². The minimum absolute atomic E-state index is 0.0304. The number of rotatable bonds is 4. The highest BCUT2D eigenvalue weighted by atomic mass is 35.5. The maximum atomic E-state index is 13.7. The van der Waals surface area contributed by atoms with E-state index < -0.39 is 58.6 Å². The van der Waals surface area contributed by atoms with E-state index in [0.717, 1.165) is 4.90 Å². The van der Waals surface area contributed by atoms with Gasteiger partial charge in [-0.3, -0.25) is 9.59 Å². The first kappa shape index (κ1) is 36.6. The van der Waals surface area contributed by atoms with E-state index in [1.165, 1.54) is 13.1 Å². The van der Waals surface area contributed by atoms with Crippen molar-refractivity contribution in [2.45, 2.75) is 69.9 Å². The van der Waals surface area contributed by atoms with E-state index in [0.29, 0.717) is 43.6 Å². The van der Waals surface area contributed by atoms with Gasteiger partial charge < -0.3 is 19.4 Å². The topological polar surface area (TPSA) is 70.2 Å². The van der Waals surface area contributed by atoms with Crippen LogP contribution in [0, 0.1) is 5.92 Å². The molecular formula is C32H35Cl2F6N3O4. The first-order valence-electron chi connectivity index (χ1n) is 14.9. The summed E-state index contributed by atoms with van der Waals surface area (Å²) < 4.78 is 86.6. The largest absolute Gasteiger partial charge is 0.444 e. The number of nitrogens with zero attached hydrogens (tertiary/aromatic N) is 3. The quantitative estimate of drug-likeness (QED) is 0.301. The zero-order chi connectivity index (χ0) is 35.1. The maximum absolute atomic E-state index is 13.7. The predicted molar refractivity (Wildman–Crippen MR) is 163 cm³/mol. The number of halogens is 8. The Hall–Kier alpha value is -3.19. The van der Waals surface area contributed by atoms with Gasteiger partial charge in [0.15, 0.2) is 0 Å². The molecule has 2 saturated heterocycles. The first-order chi connectivity index (χ1) is 21.7. The van der Waals surface area contributed by atoms with Crippen molar-refractivity contribution in [1.82, 2.24) is 14.7 Å². The molecular weight excluding hydrogens is 675 g/mol. The molecule has 7 nitrogen and oxygen atoms in total. The van der Waals surface area contributed by atoms with E-state index >= 15 is 0 Å². The standard InChI is InChI=1S/C32H35Cl2F6N3O4/c1-30(2,3)47-29(46)42-10-7-18(8-11-42)28(45)43-12-9-26(23(17-43)19-5-6-24(33)25(34)15-19)41(4)27(44)20-13-21(31(35,36)37)16-22(14-20)32(38,39)40/h5-6,13-16,18,23,26H,7-12,17H2,1-4H3. The molecule has 2 aliphatic heterocycles. The molecule has 2 aromatic carbocycles. The molecule has 2 aliphatic rings. The smallest absolute Gasteiger partial charge is 0.416 e. The van der Waals surface area contributed by atoms with Gasteiger partial charge in [0.25, 0.3) is 5.91 Å². The Kier molecular flexibility index (Phi) is 10.7. The van der Waals surface area contributed by atoms with Crippen molar-refractivity contribution in [2.75, 3.05) is 33.2 Å². The number of likely N-dealkylation sites (tertiary alicyclic amines) is 2. The van der Waals surface area contributed by atoms with Gasteiger partial charge in [-0.25, -0.2) is 4.79 Å². The summed E-state index contributed by atoms with van der Waals surface area (Å²) in [6.07, 6.45) is -9.70. The van der Waals surface area contributed by atoms with Gasteiger partial charge in [0.05, 0.1) is 21.2 Å².